The van der Waals surface area contributed by atoms with Crippen LogP contribution in [-0.2, 0) is 9.53 Å². The predicted octanol–water partition coefficient (Wildman–Crippen LogP) is 0.237. The van der Waals surface area contributed by atoms with Crippen LogP contribution in [0.3, 0.4) is 0 Å². The van der Waals surface area contributed by atoms with Crippen molar-refractivity contribution in [3.8, 4) is 12.3 Å². The highest BCUT2D eigenvalue weighted by Gasteiger charge is 2.28. The summed E-state index contributed by atoms with van der Waals surface area (Å²) in [5.74, 6) is 2.49. The van der Waals surface area contributed by atoms with Crippen molar-refractivity contribution in [2.45, 2.75) is 25.8 Å². The van der Waals surface area contributed by atoms with Gasteiger partial charge < -0.3 is 10.1 Å². The van der Waals surface area contributed by atoms with Crippen LogP contribution in [0.15, 0.2) is 0 Å². The molecule has 1 heterocycles. The number of hydrogen-bond donors (Lipinski definition) is 1. The van der Waals surface area contributed by atoms with Crippen LogP contribution in [0.2, 0.25) is 0 Å². The highest BCUT2D eigenvalue weighted by Crippen LogP contribution is 2.07. The molecule has 0 aromatic rings. The molecule has 0 aromatic carbocycles. The van der Waals surface area contributed by atoms with Crippen LogP contribution in [0, 0.1) is 12.3 Å². The zero-order chi connectivity index (χ0) is 11.8. The lowest BCUT2D eigenvalue weighted by atomic mass is 10.1. The number of piperazine rings is 1. The van der Waals surface area contributed by atoms with Crippen LogP contribution in [0.5, 0.6) is 0 Å². The third-order valence-corrected chi connectivity index (χ3v) is 2.68. The van der Waals surface area contributed by atoms with Gasteiger partial charge in [-0.3, -0.25) is 9.69 Å². The van der Waals surface area contributed by atoms with Crippen molar-refractivity contribution in [1.29, 1.82) is 0 Å². The maximum Gasteiger partial charge on any atom is 0.324 e. The number of nitrogens with one attached hydrogen (secondary N) is 1. The molecule has 0 saturated carbocycles. The van der Waals surface area contributed by atoms with Gasteiger partial charge >= 0.3 is 5.97 Å². The highest BCUT2D eigenvalue weighted by atomic mass is 16.5. The summed E-state index contributed by atoms with van der Waals surface area (Å²) in [4.78, 5) is 13.9. The zero-order valence-electron chi connectivity index (χ0n) is 9.87. The molecule has 1 saturated heterocycles. The minimum atomic E-state index is -0.147. The summed E-state index contributed by atoms with van der Waals surface area (Å²) in [6.07, 6.45) is 6.91. The molecule has 0 amide bonds. The number of hydrogen-bond acceptors (Lipinski definition) is 4. The van der Waals surface area contributed by atoms with Gasteiger partial charge in [0.1, 0.15) is 6.04 Å². The lowest BCUT2D eigenvalue weighted by molar-refractivity contribution is -0.150. The number of unbranched alkanes of at least 4 members (excludes halogenated alkanes) is 1. The lowest BCUT2D eigenvalue weighted by Gasteiger charge is -2.34. The number of terminal acetylenes is 1. The minimum Gasteiger partial charge on any atom is -0.465 e. The first-order chi connectivity index (χ1) is 7.79. The number of rotatable bonds is 5. The van der Waals surface area contributed by atoms with E-state index in [-0.39, 0.29) is 12.0 Å². The number of esters is 1. The average molecular weight is 224 g/mol. The van der Waals surface area contributed by atoms with Crippen molar-refractivity contribution >= 4 is 5.97 Å². The van der Waals surface area contributed by atoms with E-state index in [9.17, 15) is 4.79 Å². The van der Waals surface area contributed by atoms with Gasteiger partial charge in [-0.2, -0.15) is 0 Å². The minimum absolute atomic E-state index is 0.129. The van der Waals surface area contributed by atoms with Crippen LogP contribution >= 0.6 is 0 Å². The quantitative estimate of drug-likeness (QED) is 0.412. The van der Waals surface area contributed by atoms with Gasteiger partial charge in [0.15, 0.2) is 0 Å². The van der Waals surface area contributed by atoms with E-state index >= 15 is 0 Å². The predicted molar refractivity (Wildman–Crippen MR) is 62.9 cm³/mol. The fourth-order valence-corrected chi connectivity index (χ4v) is 1.87. The molecule has 1 aliphatic heterocycles. The van der Waals surface area contributed by atoms with Crippen molar-refractivity contribution in [1.82, 2.24) is 10.2 Å². The second-order valence-corrected chi connectivity index (χ2v) is 3.82. The molecular formula is C12H20N2O2. The van der Waals surface area contributed by atoms with Gasteiger partial charge in [-0.15, -0.1) is 12.3 Å². The van der Waals surface area contributed by atoms with Crippen LogP contribution in [0.4, 0.5) is 0 Å². The monoisotopic (exact) mass is 224 g/mol. The summed E-state index contributed by atoms with van der Waals surface area (Å²) in [7, 11) is 0. The standard InChI is InChI=1S/C12H20N2O2/c1-3-5-6-8-14-9-7-13-10-11(14)12(15)16-4-2/h1,11,13H,4-10H2,2H3. The van der Waals surface area contributed by atoms with E-state index in [0.29, 0.717) is 13.2 Å². The fourth-order valence-electron chi connectivity index (χ4n) is 1.87. The Morgan fingerprint density at radius 2 is 2.50 bits per heavy atom. The molecule has 1 N–H and O–H groups in total. The first kappa shape index (κ1) is 13.0. The third-order valence-electron chi connectivity index (χ3n) is 2.68. The molecule has 1 rings (SSSR count). The molecule has 1 atom stereocenters. The van der Waals surface area contributed by atoms with Crippen LogP contribution < -0.4 is 5.32 Å². The molecule has 4 heteroatoms. The molecular weight excluding hydrogens is 204 g/mol. The lowest BCUT2D eigenvalue weighted by Crippen LogP contribution is -2.55. The van der Waals surface area contributed by atoms with Gasteiger partial charge in [-0.05, 0) is 19.9 Å². The molecule has 90 valence electrons. The highest BCUT2D eigenvalue weighted by molar-refractivity contribution is 5.76. The summed E-state index contributed by atoms with van der Waals surface area (Å²) >= 11 is 0. The fraction of sp³-hybridized carbons (Fsp3) is 0.750. The Balaban J connectivity index is 2.43. The van der Waals surface area contributed by atoms with E-state index < -0.39 is 0 Å². The summed E-state index contributed by atoms with van der Waals surface area (Å²) < 4.78 is 5.06. The number of carbonyl (C=O) groups excluding carboxylic acids is 1. The smallest absolute Gasteiger partial charge is 0.324 e. The van der Waals surface area contributed by atoms with Gasteiger partial charge in [0.05, 0.1) is 6.61 Å². The number of nitrogens with zero attached hydrogens (tertiary/aromatic N) is 1. The SMILES string of the molecule is C#CCCCN1CCNCC1C(=O)OCC. The Labute approximate surface area is 97.3 Å². The van der Waals surface area contributed by atoms with Crippen molar-refractivity contribution < 1.29 is 9.53 Å². The van der Waals surface area contributed by atoms with Gasteiger partial charge in [0, 0.05) is 26.1 Å². The summed E-state index contributed by atoms with van der Waals surface area (Å²) in [6.45, 7) is 5.62. The molecule has 0 spiro atoms. The molecule has 0 bridgehead atoms. The van der Waals surface area contributed by atoms with Crippen molar-refractivity contribution in [3.63, 3.8) is 0 Å². The maximum absolute atomic E-state index is 11.7. The van der Waals surface area contributed by atoms with Crippen LogP contribution in [0.1, 0.15) is 19.8 Å². The Morgan fingerprint density at radius 3 is 3.19 bits per heavy atom. The molecule has 0 aromatic heterocycles. The Morgan fingerprint density at radius 1 is 1.69 bits per heavy atom. The van der Waals surface area contributed by atoms with E-state index in [4.69, 9.17) is 11.2 Å². The Hall–Kier alpha value is -1.05. The summed E-state index contributed by atoms with van der Waals surface area (Å²) in [5.41, 5.74) is 0. The van der Waals surface area contributed by atoms with Crippen LogP contribution in [-0.4, -0.2) is 49.7 Å². The van der Waals surface area contributed by atoms with Gasteiger partial charge in [0.2, 0.25) is 0 Å². The molecule has 4 nitrogen and oxygen atoms in total. The van der Waals surface area contributed by atoms with E-state index in [1.807, 2.05) is 6.92 Å². The summed E-state index contributed by atoms with van der Waals surface area (Å²) in [6, 6.07) is -0.147. The normalized spacial score (nSPS) is 21.4. The molecule has 1 unspecified atom stereocenters. The van der Waals surface area contributed by atoms with Gasteiger partial charge in [-0.25, -0.2) is 0 Å². The molecule has 0 aliphatic carbocycles. The van der Waals surface area contributed by atoms with E-state index in [1.165, 1.54) is 0 Å². The Kier molecular flexibility index (Phi) is 5.91. The first-order valence-corrected chi connectivity index (χ1v) is 5.84. The second kappa shape index (κ2) is 7.26. The van der Waals surface area contributed by atoms with E-state index in [0.717, 1.165) is 32.5 Å². The first-order valence-electron chi connectivity index (χ1n) is 5.84. The van der Waals surface area contributed by atoms with Crippen molar-refractivity contribution in [3.05, 3.63) is 0 Å². The topological polar surface area (TPSA) is 41.6 Å². The number of ether oxygens (including phenoxy) is 1. The van der Waals surface area contributed by atoms with Crippen molar-refractivity contribution in [2.75, 3.05) is 32.8 Å². The molecule has 16 heavy (non-hydrogen) atoms. The van der Waals surface area contributed by atoms with Crippen LogP contribution in [0.25, 0.3) is 0 Å². The summed E-state index contributed by atoms with van der Waals surface area (Å²) in [5, 5.41) is 3.21. The largest absolute Gasteiger partial charge is 0.465 e. The van der Waals surface area contributed by atoms with E-state index in [1.54, 1.807) is 0 Å². The number of carbonyl (C=O) groups is 1. The molecule has 1 fully saturated rings. The molecule has 1 aliphatic rings. The van der Waals surface area contributed by atoms with Gasteiger partial charge in [0.25, 0.3) is 0 Å². The van der Waals surface area contributed by atoms with E-state index in [2.05, 4.69) is 16.1 Å². The maximum atomic E-state index is 11.7. The Bertz CT molecular complexity index is 260. The second-order valence-electron chi connectivity index (χ2n) is 3.82. The van der Waals surface area contributed by atoms with Gasteiger partial charge in [-0.1, -0.05) is 0 Å². The zero-order valence-corrected chi connectivity index (χ0v) is 9.87. The molecule has 0 radical (unpaired) electrons. The third kappa shape index (κ3) is 3.84. The van der Waals surface area contributed by atoms with Crippen molar-refractivity contribution in [2.24, 2.45) is 0 Å². The average Bonchev–Trinajstić information content (AvgIpc) is 2.30.